The van der Waals surface area contributed by atoms with Gasteiger partial charge in [-0.1, -0.05) is 13.8 Å². The lowest BCUT2D eigenvalue weighted by atomic mass is 10.0. The van der Waals surface area contributed by atoms with E-state index in [9.17, 15) is 9.18 Å². The Balaban J connectivity index is 2.22. The van der Waals surface area contributed by atoms with Crippen molar-refractivity contribution in [2.45, 2.75) is 26.3 Å². The number of rotatable bonds is 2. The van der Waals surface area contributed by atoms with Crippen LogP contribution in [-0.2, 0) is 4.79 Å². The predicted octanol–water partition coefficient (Wildman–Crippen LogP) is 2.60. The summed E-state index contributed by atoms with van der Waals surface area (Å²) in [7, 11) is 0. The molecule has 1 aromatic rings. The minimum Gasteiger partial charge on any atom is -0.372 e. The van der Waals surface area contributed by atoms with E-state index >= 15 is 0 Å². The van der Waals surface area contributed by atoms with Gasteiger partial charge in [0, 0.05) is 0 Å². The molecule has 1 aliphatic heterocycles. The molecule has 0 bridgehead atoms. The van der Waals surface area contributed by atoms with Gasteiger partial charge in [0.05, 0.1) is 11.4 Å². The summed E-state index contributed by atoms with van der Waals surface area (Å²) in [5, 5.41) is 5.84. The molecule has 0 spiro atoms. The van der Waals surface area contributed by atoms with Gasteiger partial charge in [0.1, 0.15) is 11.9 Å². The fraction of sp³-hybridized carbons (Fsp3) is 0.417. The molecular weight excluding hydrogens is 207 g/mol. The molecule has 1 aliphatic rings. The van der Waals surface area contributed by atoms with E-state index in [4.69, 9.17) is 0 Å². The van der Waals surface area contributed by atoms with Gasteiger partial charge >= 0.3 is 0 Å². The Labute approximate surface area is 94.0 Å². The number of carbonyl (C=O) groups is 1. The van der Waals surface area contributed by atoms with Crippen molar-refractivity contribution in [2.75, 3.05) is 10.6 Å². The van der Waals surface area contributed by atoms with Gasteiger partial charge in [-0.3, -0.25) is 4.79 Å². The molecule has 1 atom stereocenters. The van der Waals surface area contributed by atoms with E-state index in [0.29, 0.717) is 17.3 Å². The number of carbonyl (C=O) groups excluding carboxylic acids is 1. The molecule has 0 saturated carbocycles. The van der Waals surface area contributed by atoms with Crippen molar-refractivity contribution in [3.8, 4) is 0 Å². The molecular formula is C12H15FN2O. The number of anilines is 2. The van der Waals surface area contributed by atoms with Crippen molar-refractivity contribution in [2.24, 2.45) is 5.92 Å². The van der Waals surface area contributed by atoms with Crippen LogP contribution in [0, 0.1) is 11.7 Å². The Hall–Kier alpha value is -1.58. The average molecular weight is 222 g/mol. The fourth-order valence-corrected chi connectivity index (χ4v) is 1.86. The van der Waals surface area contributed by atoms with E-state index in [-0.39, 0.29) is 17.8 Å². The summed E-state index contributed by atoms with van der Waals surface area (Å²) in [4.78, 5) is 11.7. The first-order chi connectivity index (χ1) is 7.56. The van der Waals surface area contributed by atoms with Crippen molar-refractivity contribution in [3.05, 3.63) is 24.0 Å². The van der Waals surface area contributed by atoms with Crippen LogP contribution in [0.5, 0.6) is 0 Å². The van der Waals surface area contributed by atoms with E-state index in [0.717, 1.165) is 6.42 Å². The molecule has 1 aromatic carbocycles. The van der Waals surface area contributed by atoms with Crippen molar-refractivity contribution in [1.82, 2.24) is 0 Å². The second kappa shape index (κ2) is 4.12. The first-order valence-corrected chi connectivity index (χ1v) is 5.43. The lowest BCUT2D eigenvalue weighted by molar-refractivity contribution is -0.117. The van der Waals surface area contributed by atoms with Crippen molar-refractivity contribution in [1.29, 1.82) is 0 Å². The molecule has 3 nitrogen and oxygen atoms in total. The summed E-state index contributed by atoms with van der Waals surface area (Å²) in [5.41, 5.74) is 1.30. The Morgan fingerprint density at radius 1 is 1.38 bits per heavy atom. The maximum Gasteiger partial charge on any atom is 0.246 e. The molecule has 0 aromatic heterocycles. The topological polar surface area (TPSA) is 41.1 Å². The predicted molar refractivity (Wildman–Crippen MR) is 61.9 cm³/mol. The molecule has 1 heterocycles. The minimum atomic E-state index is -0.300. The van der Waals surface area contributed by atoms with E-state index in [1.807, 2.05) is 0 Å². The summed E-state index contributed by atoms with van der Waals surface area (Å²) in [6.07, 6.45) is 0.738. The molecule has 0 saturated heterocycles. The van der Waals surface area contributed by atoms with Gasteiger partial charge in [0.25, 0.3) is 0 Å². The number of fused-ring (bicyclic) bond motifs is 1. The smallest absolute Gasteiger partial charge is 0.246 e. The summed E-state index contributed by atoms with van der Waals surface area (Å²) < 4.78 is 13.0. The van der Waals surface area contributed by atoms with Crippen molar-refractivity contribution < 1.29 is 9.18 Å². The van der Waals surface area contributed by atoms with Crippen LogP contribution >= 0.6 is 0 Å². The van der Waals surface area contributed by atoms with Gasteiger partial charge in [-0.05, 0) is 30.5 Å². The quantitative estimate of drug-likeness (QED) is 0.807. The molecule has 16 heavy (non-hydrogen) atoms. The molecule has 1 unspecified atom stereocenters. The number of nitrogens with one attached hydrogen (secondary N) is 2. The van der Waals surface area contributed by atoms with Crippen LogP contribution in [0.2, 0.25) is 0 Å². The van der Waals surface area contributed by atoms with Gasteiger partial charge in [0.15, 0.2) is 0 Å². The molecule has 0 radical (unpaired) electrons. The zero-order valence-electron chi connectivity index (χ0n) is 9.38. The average Bonchev–Trinajstić information content (AvgIpc) is 2.19. The largest absolute Gasteiger partial charge is 0.372 e. The van der Waals surface area contributed by atoms with Crippen molar-refractivity contribution in [3.63, 3.8) is 0 Å². The number of hydrogen-bond donors (Lipinski definition) is 2. The minimum absolute atomic E-state index is 0.0483. The third-order valence-corrected chi connectivity index (χ3v) is 2.59. The molecule has 2 rings (SSSR count). The highest BCUT2D eigenvalue weighted by molar-refractivity contribution is 6.02. The van der Waals surface area contributed by atoms with Gasteiger partial charge in [-0.15, -0.1) is 0 Å². The number of hydrogen-bond acceptors (Lipinski definition) is 2. The highest BCUT2D eigenvalue weighted by atomic mass is 19.1. The summed E-state index contributed by atoms with van der Waals surface area (Å²) in [6, 6.07) is 4.04. The molecule has 0 fully saturated rings. The van der Waals surface area contributed by atoms with Crippen molar-refractivity contribution >= 4 is 17.3 Å². The highest BCUT2D eigenvalue weighted by Crippen LogP contribution is 2.28. The summed E-state index contributed by atoms with van der Waals surface area (Å²) in [6.45, 7) is 4.10. The van der Waals surface area contributed by atoms with Crippen LogP contribution in [0.4, 0.5) is 15.8 Å². The van der Waals surface area contributed by atoms with Gasteiger partial charge in [-0.2, -0.15) is 0 Å². The number of benzene rings is 1. The van der Waals surface area contributed by atoms with E-state index in [1.54, 1.807) is 6.07 Å². The van der Waals surface area contributed by atoms with Gasteiger partial charge < -0.3 is 10.6 Å². The summed E-state index contributed by atoms with van der Waals surface area (Å²) in [5.74, 6) is 0.0665. The maximum absolute atomic E-state index is 13.0. The fourth-order valence-electron chi connectivity index (χ4n) is 1.86. The van der Waals surface area contributed by atoms with Crippen LogP contribution in [0.3, 0.4) is 0 Å². The van der Waals surface area contributed by atoms with Gasteiger partial charge in [-0.25, -0.2) is 4.39 Å². The van der Waals surface area contributed by atoms with E-state index < -0.39 is 0 Å². The van der Waals surface area contributed by atoms with Gasteiger partial charge in [0.2, 0.25) is 5.91 Å². The Bertz CT molecular complexity index is 417. The Kier molecular flexibility index (Phi) is 2.81. The second-order valence-corrected chi connectivity index (χ2v) is 4.51. The van der Waals surface area contributed by atoms with E-state index in [2.05, 4.69) is 24.5 Å². The van der Waals surface area contributed by atoms with Crippen LogP contribution in [-0.4, -0.2) is 11.9 Å². The first-order valence-electron chi connectivity index (χ1n) is 5.43. The van der Waals surface area contributed by atoms with E-state index in [1.165, 1.54) is 12.1 Å². The Morgan fingerprint density at radius 2 is 2.12 bits per heavy atom. The molecule has 4 heteroatoms. The summed E-state index contributed by atoms with van der Waals surface area (Å²) >= 11 is 0. The maximum atomic E-state index is 13.0. The zero-order valence-corrected chi connectivity index (χ0v) is 9.38. The lowest BCUT2D eigenvalue weighted by Gasteiger charge is -2.27. The molecule has 2 N–H and O–H groups in total. The van der Waals surface area contributed by atoms with Crippen LogP contribution in [0.25, 0.3) is 0 Å². The lowest BCUT2D eigenvalue weighted by Crippen LogP contribution is -2.39. The molecule has 1 amide bonds. The number of amides is 1. The Morgan fingerprint density at radius 3 is 2.81 bits per heavy atom. The van der Waals surface area contributed by atoms with Crippen LogP contribution in [0.15, 0.2) is 18.2 Å². The first kappa shape index (κ1) is 10.9. The highest BCUT2D eigenvalue weighted by Gasteiger charge is 2.25. The third-order valence-electron chi connectivity index (χ3n) is 2.59. The molecule has 86 valence electrons. The van der Waals surface area contributed by atoms with Crippen LogP contribution in [0.1, 0.15) is 20.3 Å². The zero-order chi connectivity index (χ0) is 11.7. The third kappa shape index (κ3) is 2.15. The van der Waals surface area contributed by atoms with Crippen LogP contribution < -0.4 is 10.6 Å². The standard InChI is InChI=1S/C12H15FN2O/c1-7(2)5-11-12(16)15-9-4-3-8(13)6-10(9)14-11/h3-4,6-7,11,14H,5H2,1-2H3,(H,15,16). The SMILES string of the molecule is CC(C)CC1Nc2cc(F)ccc2NC1=O. The normalized spacial score (nSPS) is 19.0. The number of halogens is 1. The monoisotopic (exact) mass is 222 g/mol. The second-order valence-electron chi connectivity index (χ2n) is 4.51. The molecule has 0 aliphatic carbocycles.